The van der Waals surface area contributed by atoms with Crippen molar-refractivity contribution in [1.82, 2.24) is 9.13 Å². The minimum atomic E-state index is -0.587. The minimum Gasteiger partial charge on any atom is -0.457 e. The lowest BCUT2D eigenvalue weighted by Gasteiger charge is -2.39. The van der Waals surface area contributed by atoms with Gasteiger partial charge in [-0.3, -0.25) is 0 Å². The Balaban J connectivity index is 1.26. The average Bonchev–Trinajstić information content (AvgIpc) is 3.83. The van der Waals surface area contributed by atoms with E-state index in [1.807, 2.05) is 0 Å². The molecule has 0 fully saturated rings. The van der Waals surface area contributed by atoms with Crippen LogP contribution in [0.15, 0.2) is 182 Å². The van der Waals surface area contributed by atoms with E-state index in [-0.39, 0.29) is 0 Å². The van der Waals surface area contributed by atoms with Gasteiger partial charge in [0.1, 0.15) is 11.5 Å². The van der Waals surface area contributed by atoms with Gasteiger partial charge >= 0.3 is 0 Å². The first-order valence-electron chi connectivity index (χ1n) is 17.9. The third-order valence-electron chi connectivity index (χ3n) is 11.6. The second-order valence-corrected chi connectivity index (χ2v) is 14.0. The van der Waals surface area contributed by atoms with Gasteiger partial charge in [0.05, 0.1) is 27.5 Å². The number of fused-ring (bicyclic) bond motifs is 16. The number of para-hydroxylation sites is 5. The molecular weight excluding hydrogens is 633 g/mol. The van der Waals surface area contributed by atoms with Gasteiger partial charge in [-0.25, -0.2) is 0 Å². The topological polar surface area (TPSA) is 19.1 Å². The Hall–Kier alpha value is -6.84. The highest BCUT2D eigenvalue weighted by Gasteiger charge is 2.52. The largest absolute Gasteiger partial charge is 0.457 e. The SMILES string of the molecule is c1ccc(-n2c3ccccc3c3cc(-n4c5ccccc5c5ccc6c(c54)C4(c5ccccc5Oc5ccccc54)c4ccccc4-6)ccc32)cc1. The highest BCUT2D eigenvalue weighted by Crippen LogP contribution is 2.64. The summed E-state index contributed by atoms with van der Waals surface area (Å²) < 4.78 is 11.6. The van der Waals surface area contributed by atoms with Crippen LogP contribution in [0.25, 0.3) is 66.1 Å². The van der Waals surface area contributed by atoms with Gasteiger partial charge in [-0.2, -0.15) is 0 Å². The first-order chi connectivity index (χ1) is 25.8. The minimum absolute atomic E-state index is 0.587. The normalized spacial score (nSPS) is 13.7. The lowest BCUT2D eigenvalue weighted by Crippen LogP contribution is -2.32. The van der Waals surface area contributed by atoms with Gasteiger partial charge in [-0.1, -0.05) is 127 Å². The van der Waals surface area contributed by atoms with Crippen LogP contribution >= 0.6 is 0 Å². The van der Waals surface area contributed by atoms with Gasteiger partial charge in [0.15, 0.2) is 0 Å². The molecule has 1 aliphatic heterocycles. The van der Waals surface area contributed by atoms with Crippen molar-refractivity contribution in [3.05, 3.63) is 204 Å². The average molecular weight is 663 g/mol. The van der Waals surface area contributed by atoms with Crippen LogP contribution in [0.3, 0.4) is 0 Å². The van der Waals surface area contributed by atoms with Crippen molar-refractivity contribution in [3.8, 4) is 34.0 Å². The fourth-order valence-corrected chi connectivity index (χ4v) is 9.62. The summed E-state index contributed by atoms with van der Waals surface area (Å²) in [5.41, 5.74) is 14.0. The van der Waals surface area contributed by atoms with Crippen LogP contribution in [0.2, 0.25) is 0 Å². The van der Waals surface area contributed by atoms with Crippen molar-refractivity contribution >= 4 is 43.6 Å². The number of nitrogens with zero attached hydrogens (tertiary/aromatic N) is 2. The van der Waals surface area contributed by atoms with Crippen molar-refractivity contribution in [2.75, 3.05) is 0 Å². The number of aromatic nitrogens is 2. The lowest BCUT2D eigenvalue weighted by atomic mass is 9.65. The maximum atomic E-state index is 6.70. The molecule has 0 atom stereocenters. The predicted molar refractivity (Wildman–Crippen MR) is 212 cm³/mol. The van der Waals surface area contributed by atoms with E-state index in [1.54, 1.807) is 0 Å². The predicted octanol–water partition coefficient (Wildman–Crippen LogP) is 12.3. The smallest absolute Gasteiger partial charge is 0.132 e. The molecule has 0 bridgehead atoms. The maximum Gasteiger partial charge on any atom is 0.132 e. The van der Waals surface area contributed by atoms with Crippen molar-refractivity contribution in [2.45, 2.75) is 5.41 Å². The third kappa shape index (κ3) is 3.40. The number of rotatable bonds is 2. The van der Waals surface area contributed by atoms with E-state index in [1.165, 1.54) is 77.0 Å². The third-order valence-corrected chi connectivity index (χ3v) is 11.6. The Bertz CT molecular complexity index is 3060. The molecule has 0 saturated carbocycles. The first kappa shape index (κ1) is 27.9. The van der Waals surface area contributed by atoms with Gasteiger partial charge in [-0.05, 0) is 71.3 Å². The molecule has 8 aromatic carbocycles. The van der Waals surface area contributed by atoms with Crippen LogP contribution in [0, 0.1) is 0 Å². The molecule has 12 rings (SSSR count). The van der Waals surface area contributed by atoms with E-state index in [4.69, 9.17) is 4.74 Å². The molecule has 2 aromatic heterocycles. The molecule has 10 aromatic rings. The van der Waals surface area contributed by atoms with Crippen molar-refractivity contribution in [2.24, 2.45) is 0 Å². The molecule has 2 aliphatic rings. The maximum absolute atomic E-state index is 6.70. The number of benzene rings is 8. The molecule has 242 valence electrons. The summed E-state index contributed by atoms with van der Waals surface area (Å²) in [6.45, 7) is 0. The van der Waals surface area contributed by atoms with Crippen LogP contribution in [-0.2, 0) is 5.41 Å². The van der Waals surface area contributed by atoms with Crippen LogP contribution in [0.4, 0.5) is 0 Å². The van der Waals surface area contributed by atoms with Crippen LogP contribution in [0.1, 0.15) is 22.3 Å². The molecule has 1 spiro atoms. The van der Waals surface area contributed by atoms with E-state index in [9.17, 15) is 0 Å². The van der Waals surface area contributed by atoms with E-state index in [2.05, 4.69) is 191 Å². The second kappa shape index (κ2) is 10.1. The van der Waals surface area contributed by atoms with Crippen LogP contribution in [-0.4, -0.2) is 9.13 Å². The molecule has 0 amide bonds. The van der Waals surface area contributed by atoms with Crippen molar-refractivity contribution < 1.29 is 4.74 Å². The Morgan fingerprint density at radius 2 is 0.942 bits per heavy atom. The molecule has 0 unspecified atom stereocenters. The summed E-state index contributed by atoms with van der Waals surface area (Å²) >= 11 is 0. The van der Waals surface area contributed by atoms with Gasteiger partial charge < -0.3 is 13.9 Å². The van der Waals surface area contributed by atoms with Gasteiger partial charge in [0.2, 0.25) is 0 Å². The molecule has 0 radical (unpaired) electrons. The molecule has 52 heavy (non-hydrogen) atoms. The fraction of sp³-hybridized carbons (Fsp3) is 0.0204. The fourth-order valence-electron chi connectivity index (χ4n) is 9.62. The van der Waals surface area contributed by atoms with E-state index < -0.39 is 5.41 Å². The van der Waals surface area contributed by atoms with E-state index >= 15 is 0 Å². The van der Waals surface area contributed by atoms with Crippen molar-refractivity contribution in [3.63, 3.8) is 0 Å². The van der Waals surface area contributed by atoms with Gasteiger partial charge in [-0.15, -0.1) is 0 Å². The Labute approximate surface area is 300 Å². The highest BCUT2D eigenvalue weighted by molar-refractivity contribution is 6.15. The Morgan fingerprint density at radius 1 is 0.365 bits per heavy atom. The number of hydrogen-bond acceptors (Lipinski definition) is 1. The monoisotopic (exact) mass is 662 g/mol. The summed E-state index contributed by atoms with van der Waals surface area (Å²) in [6, 6.07) is 66.4. The zero-order valence-electron chi connectivity index (χ0n) is 28.1. The quantitative estimate of drug-likeness (QED) is 0.180. The van der Waals surface area contributed by atoms with Gasteiger partial charge in [0, 0.05) is 49.6 Å². The highest BCUT2D eigenvalue weighted by atomic mass is 16.5. The standard InChI is InChI=1S/C49H30N2O/c1-2-14-31(15-3-1)50-42-22-10-6-18-35(42)38-30-32(26-29-44(38)50)51-43-23-11-5-17-34(43)37-28-27-36-33-16-4-7-19-39(33)49(47(36)48(37)51)40-20-8-12-24-45(40)52-46-25-13-9-21-41(46)49/h1-30H. The zero-order chi connectivity index (χ0) is 34.0. The van der Waals surface area contributed by atoms with E-state index in [0.29, 0.717) is 0 Å². The number of hydrogen-bond donors (Lipinski definition) is 0. The molecule has 0 saturated heterocycles. The summed E-state index contributed by atoms with van der Waals surface area (Å²) in [4.78, 5) is 0. The summed E-state index contributed by atoms with van der Waals surface area (Å²) in [7, 11) is 0. The second-order valence-electron chi connectivity index (χ2n) is 14.0. The van der Waals surface area contributed by atoms with Crippen LogP contribution in [0.5, 0.6) is 11.5 Å². The molecule has 3 heterocycles. The summed E-state index contributed by atoms with van der Waals surface area (Å²) in [5, 5.41) is 4.96. The first-order valence-corrected chi connectivity index (χ1v) is 17.9. The van der Waals surface area contributed by atoms with Crippen LogP contribution < -0.4 is 4.74 Å². The zero-order valence-corrected chi connectivity index (χ0v) is 28.1. The summed E-state index contributed by atoms with van der Waals surface area (Å²) in [6.07, 6.45) is 0. The van der Waals surface area contributed by atoms with Crippen molar-refractivity contribution in [1.29, 1.82) is 0 Å². The van der Waals surface area contributed by atoms with E-state index in [0.717, 1.165) is 22.9 Å². The molecular formula is C49H30N2O. The molecule has 0 N–H and O–H groups in total. The molecule has 1 aliphatic carbocycles. The molecule has 3 nitrogen and oxygen atoms in total. The molecule has 3 heteroatoms. The Kier molecular flexibility index (Phi) is 5.43. The summed E-state index contributed by atoms with van der Waals surface area (Å²) in [5.74, 6) is 1.80. The number of ether oxygens (including phenoxy) is 1. The Morgan fingerprint density at radius 3 is 1.69 bits per heavy atom. The van der Waals surface area contributed by atoms with Gasteiger partial charge in [0.25, 0.3) is 0 Å². The lowest BCUT2D eigenvalue weighted by molar-refractivity contribution is 0.437.